The maximum atomic E-state index is 13.5. The zero-order chi connectivity index (χ0) is 15.6. The van der Waals surface area contributed by atoms with Crippen molar-refractivity contribution in [1.82, 2.24) is 0 Å². The highest BCUT2D eigenvalue weighted by atomic mass is 79.9. The van der Waals surface area contributed by atoms with Crippen LogP contribution in [-0.2, 0) is 0 Å². The number of hydrogen-bond donors (Lipinski definition) is 1. The van der Waals surface area contributed by atoms with Crippen molar-refractivity contribution in [2.75, 3.05) is 0 Å². The summed E-state index contributed by atoms with van der Waals surface area (Å²) in [5.41, 5.74) is 6.40. The first-order valence-electron chi connectivity index (χ1n) is 5.84. The fourth-order valence-corrected chi connectivity index (χ4v) is 2.39. The van der Waals surface area contributed by atoms with Crippen LogP contribution in [0.25, 0.3) is 0 Å². The molecule has 1 unspecified atom stereocenters. The smallest absolute Gasteiger partial charge is 0.405 e. The summed E-state index contributed by atoms with van der Waals surface area (Å²) >= 11 is 3.05. The third kappa shape index (κ3) is 3.74. The Morgan fingerprint density at radius 1 is 1.00 bits per heavy atom. The highest BCUT2D eigenvalue weighted by Gasteiger charge is 2.33. The summed E-state index contributed by atoms with van der Waals surface area (Å²) in [6, 6.07) is 8.72. The Labute approximate surface area is 126 Å². The number of nitrogens with two attached hydrogens (primary N) is 1. The van der Waals surface area contributed by atoms with E-state index in [1.807, 2.05) is 0 Å². The monoisotopic (exact) mass is 363 g/mol. The number of benzene rings is 2. The highest BCUT2D eigenvalue weighted by Crippen LogP contribution is 2.35. The molecule has 0 aliphatic rings. The number of ether oxygens (including phenoxy) is 1. The molecule has 2 N–H and O–H groups in total. The van der Waals surface area contributed by atoms with Crippen molar-refractivity contribution in [3.8, 4) is 5.75 Å². The number of halogens is 5. The van der Waals surface area contributed by atoms with Crippen molar-refractivity contribution >= 4 is 15.9 Å². The Hall–Kier alpha value is -1.60. The van der Waals surface area contributed by atoms with Gasteiger partial charge in [0.25, 0.3) is 0 Å². The van der Waals surface area contributed by atoms with E-state index in [2.05, 4.69) is 20.7 Å². The van der Waals surface area contributed by atoms with Crippen LogP contribution in [0.3, 0.4) is 0 Å². The molecule has 112 valence electrons. The molecule has 2 rings (SSSR count). The molecular weight excluding hydrogens is 354 g/mol. The second-order valence-corrected chi connectivity index (χ2v) is 5.00. The lowest BCUT2D eigenvalue weighted by Crippen LogP contribution is -2.21. The summed E-state index contributed by atoms with van der Waals surface area (Å²) < 4.78 is 54.8. The molecule has 2 aromatic carbocycles. The van der Waals surface area contributed by atoms with E-state index >= 15 is 0 Å². The molecular formula is C14H10BrF4NO. The topological polar surface area (TPSA) is 35.2 Å². The zero-order valence-corrected chi connectivity index (χ0v) is 12.1. The molecule has 0 fully saturated rings. The van der Waals surface area contributed by atoms with Gasteiger partial charge in [-0.25, -0.2) is 4.39 Å². The molecule has 2 nitrogen and oxygen atoms in total. The van der Waals surface area contributed by atoms with Crippen molar-refractivity contribution in [3.63, 3.8) is 0 Å². The zero-order valence-electron chi connectivity index (χ0n) is 10.5. The van der Waals surface area contributed by atoms with E-state index in [-0.39, 0.29) is 10.0 Å². The largest absolute Gasteiger partial charge is 0.573 e. The second kappa shape index (κ2) is 6.03. The van der Waals surface area contributed by atoms with Gasteiger partial charge in [-0.1, -0.05) is 30.3 Å². The number of para-hydroxylation sites is 1. The maximum Gasteiger partial charge on any atom is 0.573 e. The van der Waals surface area contributed by atoms with Crippen molar-refractivity contribution in [1.29, 1.82) is 0 Å². The quantitative estimate of drug-likeness (QED) is 0.812. The van der Waals surface area contributed by atoms with E-state index in [0.717, 1.165) is 6.07 Å². The van der Waals surface area contributed by atoms with E-state index < -0.39 is 24.0 Å². The minimum Gasteiger partial charge on any atom is -0.405 e. The predicted molar refractivity (Wildman–Crippen MR) is 73.3 cm³/mol. The molecule has 0 saturated heterocycles. The molecule has 0 radical (unpaired) electrons. The average molecular weight is 364 g/mol. The Morgan fingerprint density at radius 3 is 2.29 bits per heavy atom. The standard InChI is InChI=1S/C14H10BrF4NO/c15-12-9(5-3-6-10(12)16)13(20)8-4-1-2-7-11(8)21-14(17,18)19/h1-7,13H,20H2. The van der Waals surface area contributed by atoms with Crippen LogP contribution < -0.4 is 10.5 Å². The average Bonchev–Trinajstić information content (AvgIpc) is 2.40. The van der Waals surface area contributed by atoms with Crippen LogP contribution in [0.5, 0.6) is 5.75 Å². The Morgan fingerprint density at radius 2 is 1.62 bits per heavy atom. The molecule has 0 aromatic heterocycles. The number of hydrogen-bond acceptors (Lipinski definition) is 2. The van der Waals surface area contributed by atoms with Crippen LogP contribution in [0.2, 0.25) is 0 Å². The van der Waals surface area contributed by atoms with Crippen LogP contribution in [0.4, 0.5) is 17.6 Å². The van der Waals surface area contributed by atoms with Gasteiger partial charge in [0.05, 0.1) is 10.5 Å². The van der Waals surface area contributed by atoms with Gasteiger partial charge in [0.15, 0.2) is 0 Å². The summed E-state index contributed by atoms with van der Waals surface area (Å²) in [7, 11) is 0. The summed E-state index contributed by atoms with van der Waals surface area (Å²) in [5.74, 6) is -0.953. The fourth-order valence-electron chi connectivity index (χ4n) is 1.88. The molecule has 0 aliphatic heterocycles. The molecule has 7 heteroatoms. The Balaban J connectivity index is 2.44. The third-order valence-electron chi connectivity index (χ3n) is 2.80. The van der Waals surface area contributed by atoms with Gasteiger partial charge < -0.3 is 10.5 Å². The van der Waals surface area contributed by atoms with Gasteiger partial charge in [0, 0.05) is 5.56 Å². The van der Waals surface area contributed by atoms with Crippen LogP contribution >= 0.6 is 15.9 Å². The van der Waals surface area contributed by atoms with Crippen LogP contribution in [0, 0.1) is 5.82 Å². The van der Waals surface area contributed by atoms with Gasteiger partial charge >= 0.3 is 6.36 Å². The first kappa shape index (κ1) is 15.8. The highest BCUT2D eigenvalue weighted by molar-refractivity contribution is 9.10. The van der Waals surface area contributed by atoms with Gasteiger partial charge in [-0.15, -0.1) is 13.2 Å². The van der Waals surface area contributed by atoms with E-state index in [1.165, 1.54) is 36.4 Å². The summed E-state index contributed by atoms with van der Waals surface area (Å²) in [4.78, 5) is 0. The van der Waals surface area contributed by atoms with Crippen molar-refractivity contribution in [2.45, 2.75) is 12.4 Å². The van der Waals surface area contributed by atoms with Crippen LogP contribution in [0.15, 0.2) is 46.9 Å². The minimum atomic E-state index is -4.82. The van der Waals surface area contributed by atoms with Gasteiger partial charge in [-0.2, -0.15) is 0 Å². The summed E-state index contributed by atoms with van der Waals surface area (Å²) in [6.45, 7) is 0. The molecule has 0 amide bonds. The molecule has 2 aromatic rings. The second-order valence-electron chi connectivity index (χ2n) is 4.21. The SMILES string of the molecule is NC(c1ccccc1OC(F)(F)F)c1cccc(F)c1Br. The first-order valence-corrected chi connectivity index (χ1v) is 6.63. The summed E-state index contributed by atoms with van der Waals surface area (Å²) in [5, 5.41) is 0. The molecule has 0 spiro atoms. The number of alkyl halides is 3. The molecule has 21 heavy (non-hydrogen) atoms. The summed E-state index contributed by atoms with van der Waals surface area (Å²) in [6.07, 6.45) is -4.82. The van der Waals surface area contributed by atoms with Crippen molar-refractivity contribution < 1.29 is 22.3 Å². The van der Waals surface area contributed by atoms with Gasteiger partial charge in [0.1, 0.15) is 11.6 Å². The fraction of sp³-hybridized carbons (Fsp3) is 0.143. The first-order chi connectivity index (χ1) is 9.79. The van der Waals surface area contributed by atoms with E-state index in [1.54, 1.807) is 0 Å². The van der Waals surface area contributed by atoms with Crippen LogP contribution in [-0.4, -0.2) is 6.36 Å². The van der Waals surface area contributed by atoms with Gasteiger partial charge in [-0.3, -0.25) is 0 Å². The predicted octanol–water partition coefficient (Wildman–Crippen LogP) is 4.53. The lowest BCUT2D eigenvalue weighted by Gasteiger charge is -2.19. The minimum absolute atomic E-state index is 0.110. The molecule has 0 heterocycles. The van der Waals surface area contributed by atoms with E-state index in [0.29, 0.717) is 5.56 Å². The van der Waals surface area contributed by atoms with Gasteiger partial charge in [0.2, 0.25) is 0 Å². The van der Waals surface area contributed by atoms with Gasteiger partial charge in [-0.05, 0) is 33.6 Å². The maximum absolute atomic E-state index is 13.5. The molecule has 1 atom stereocenters. The molecule has 0 saturated carbocycles. The van der Waals surface area contributed by atoms with E-state index in [4.69, 9.17) is 5.73 Å². The number of rotatable bonds is 3. The normalized spacial score (nSPS) is 13.0. The van der Waals surface area contributed by atoms with Crippen molar-refractivity contribution in [2.24, 2.45) is 5.73 Å². The Kier molecular flexibility index (Phi) is 4.53. The lowest BCUT2D eigenvalue weighted by molar-refractivity contribution is -0.274. The molecule has 0 bridgehead atoms. The lowest BCUT2D eigenvalue weighted by atomic mass is 9.98. The van der Waals surface area contributed by atoms with Crippen LogP contribution in [0.1, 0.15) is 17.2 Å². The molecule has 0 aliphatic carbocycles. The van der Waals surface area contributed by atoms with Crippen molar-refractivity contribution in [3.05, 3.63) is 63.9 Å². The Bertz CT molecular complexity index is 645. The third-order valence-corrected chi connectivity index (χ3v) is 3.63. The van der Waals surface area contributed by atoms with E-state index in [9.17, 15) is 17.6 Å².